The minimum absolute atomic E-state index is 0.0325. The first-order valence-electron chi connectivity index (χ1n) is 6.56. The van der Waals surface area contributed by atoms with Gasteiger partial charge in [0.1, 0.15) is 0 Å². The molecule has 1 aromatic rings. The molecular formula is C15H22N2O3. The van der Waals surface area contributed by atoms with E-state index in [1.807, 2.05) is 31.0 Å². The molecule has 110 valence electrons. The number of aliphatic hydroxyl groups is 1. The van der Waals surface area contributed by atoms with Crippen molar-refractivity contribution < 1.29 is 14.6 Å². The second-order valence-corrected chi connectivity index (χ2v) is 4.79. The van der Waals surface area contributed by atoms with Gasteiger partial charge in [-0.15, -0.1) is 0 Å². The largest absolute Gasteiger partial charge is 0.389 e. The van der Waals surface area contributed by atoms with Gasteiger partial charge in [-0.1, -0.05) is 0 Å². The molecular weight excluding hydrogens is 256 g/mol. The maximum atomic E-state index is 9.94. The number of rotatable bonds is 8. The minimum atomic E-state index is -0.574. The Balaban J connectivity index is 2.40. The van der Waals surface area contributed by atoms with Crippen molar-refractivity contribution in [3.63, 3.8) is 0 Å². The Morgan fingerprint density at radius 2 is 1.95 bits per heavy atom. The molecule has 20 heavy (non-hydrogen) atoms. The molecule has 0 aliphatic heterocycles. The van der Waals surface area contributed by atoms with E-state index in [0.717, 1.165) is 5.69 Å². The lowest BCUT2D eigenvalue weighted by molar-refractivity contribution is -0.0293. The fourth-order valence-corrected chi connectivity index (χ4v) is 1.82. The van der Waals surface area contributed by atoms with E-state index in [-0.39, 0.29) is 12.7 Å². The summed E-state index contributed by atoms with van der Waals surface area (Å²) in [6.07, 6.45) is -0.607. The SMILES string of the molecule is COCC(C)OCC(O)CN(C)c1ccc(C#N)cc1. The summed E-state index contributed by atoms with van der Waals surface area (Å²) in [5.74, 6) is 0. The molecule has 0 heterocycles. The van der Waals surface area contributed by atoms with Gasteiger partial charge >= 0.3 is 0 Å². The monoisotopic (exact) mass is 278 g/mol. The van der Waals surface area contributed by atoms with Crippen LogP contribution in [0.2, 0.25) is 0 Å². The molecule has 2 atom stereocenters. The second kappa shape index (κ2) is 8.54. The maximum absolute atomic E-state index is 9.94. The third kappa shape index (κ3) is 5.57. The van der Waals surface area contributed by atoms with E-state index in [1.165, 1.54) is 0 Å². The third-order valence-corrected chi connectivity index (χ3v) is 2.90. The zero-order valence-corrected chi connectivity index (χ0v) is 12.2. The van der Waals surface area contributed by atoms with E-state index in [2.05, 4.69) is 6.07 Å². The number of hydrogen-bond donors (Lipinski definition) is 1. The van der Waals surface area contributed by atoms with Crippen LogP contribution < -0.4 is 4.90 Å². The summed E-state index contributed by atoms with van der Waals surface area (Å²) in [7, 11) is 3.51. The summed E-state index contributed by atoms with van der Waals surface area (Å²) < 4.78 is 10.4. The molecule has 1 N–H and O–H groups in total. The normalized spacial score (nSPS) is 13.6. The third-order valence-electron chi connectivity index (χ3n) is 2.90. The van der Waals surface area contributed by atoms with Gasteiger partial charge in [-0.05, 0) is 31.2 Å². The highest BCUT2D eigenvalue weighted by Gasteiger charge is 2.11. The van der Waals surface area contributed by atoms with Gasteiger partial charge in [0.15, 0.2) is 0 Å². The average molecular weight is 278 g/mol. The van der Waals surface area contributed by atoms with E-state index in [4.69, 9.17) is 14.7 Å². The summed E-state index contributed by atoms with van der Waals surface area (Å²) in [5.41, 5.74) is 1.58. The number of anilines is 1. The molecule has 0 saturated heterocycles. The number of benzene rings is 1. The summed E-state index contributed by atoms with van der Waals surface area (Å²) in [6, 6.07) is 9.32. The Kier molecular flexibility index (Phi) is 7.02. The molecule has 0 saturated carbocycles. The summed E-state index contributed by atoms with van der Waals surface area (Å²) in [4.78, 5) is 1.93. The number of ether oxygens (including phenoxy) is 2. The van der Waals surface area contributed by atoms with Crippen LogP contribution in [0.5, 0.6) is 0 Å². The summed E-state index contributed by atoms with van der Waals surface area (Å²) in [6.45, 7) is 3.15. The van der Waals surface area contributed by atoms with Crippen LogP contribution in [-0.4, -0.2) is 51.2 Å². The fraction of sp³-hybridized carbons (Fsp3) is 0.533. The van der Waals surface area contributed by atoms with Crippen molar-refractivity contribution >= 4 is 5.69 Å². The van der Waals surface area contributed by atoms with Crippen LogP contribution in [0.25, 0.3) is 0 Å². The van der Waals surface area contributed by atoms with E-state index in [0.29, 0.717) is 18.7 Å². The van der Waals surface area contributed by atoms with Crippen LogP contribution in [-0.2, 0) is 9.47 Å². The number of hydrogen-bond acceptors (Lipinski definition) is 5. The molecule has 0 spiro atoms. The van der Waals surface area contributed by atoms with Crippen LogP contribution in [0.15, 0.2) is 24.3 Å². The lowest BCUT2D eigenvalue weighted by atomic mass is 10.2. The molecule has 0 bridgehead atoms. The first kappa shape index (κ1) is 16.4. The van der Waals surface area contributed by atoms with Gasteiger partial charge in [0.25, 0.3) is 0 Å². The van der Waals surface area contributed by atoms with Crippen molar-refractivity contribution in [2.75, 3.05) is 38.8 Å². The highest BCUT2D eigenvalue weighted by Crippen LogP contribution is 2.13. The van der Waals surface area contributed by atoms with Crippen molar-refractivity contribution in [3.05, 3.63) is 29.8 Å². The first-order valence-corrected chi connectivity index (χ1v) is 6.56. The van der Waals surface area contributed by atoms with Crippen molar-refractivity contribution in [2.24, 2.45) is 0 Å². The predicted octanol–water partition coefficient (Wildman–Crippen LogP) is 1.41. The van der Waals surface area contributed by atoms with Gasteiger partial charge in [0.2, 0.25) is 0 Å². The van der Waals surface area contributed by atoms with Gasteiger partial charge in [-0.3, -0.25) is 0 Å². The fourth-order valence-electron chi connectivity index (χ4n) is 1.82. The number of aliphatic hydroxyl groups excluding tert-OH is 1. The minimum Gasteiger partial charge on any atom is -0.389 e. The lowest BCUT2D eigenvalue weighted by Crippen LogP contribution is -2.33. The van der Waals surface area contributed by atoms with Crippen LogP contribution in [0, 0.1) is 11.3 Å². The van der Waals surface area contributed by atoms with Gasteiger partial charge < -0.3 is 19.5 Å². The molecule has 0 fully saturated rings. The quantitative estimate of drug-likeness (QED) is 0.779. The zero-order chi connectivity index (χ0) is 15.0. The molecule has 0 amide bonds. The Hall–Kier alpha value is -1.61. The first-order chi connectivity index (χ1) is 9.56. The van der Waals surface area contributed by atoms with Crippen LogP contribution in [0.3, 0.4) is 0 Å². The predicted molar refractivity (Wildman–Crippen MR) is 77.7 cm³/mol. The highest BCUT2D eigenvalue weighted by molar-refractivity contribution is 5.49. The topological polar surface area (TPSA) is 65.7 Å². The smallest absolute Gasteiger partial charge is 0.0991 e. The maximum Gasteiger partial charge on any atom is 0.0991 e. The zero-order valence-electron chi connectivity index (χ0n) is 12.2. The molecule has 0 aliphatic rings. The van der Waals surface area contributed by atoms with Crippen LogP contribution >= 0.6 is 0 Å². The molecule has 2 unspecified atom stereocenters. The van der Waals surface area contributed by atoms with Gasteiger partial charge in [0.05, 0.1) is 37.1 Å². The highest BCUT2D eigenvalue weighted by atomic mass is 16.5. The molecule has 0 aromatic heterocycles. The number of nitrogens with zero attached hydrogens (tertiary/aromatic N) is 2. The van der Waals surface area contributed by atoms with Crippen molar-refractivity contribution in [2.45, 2.75) is 19.1 Å². The average Bonchev–Trinajstić information content (AvgIpc) is 2.45. The van der Waals surface area contributed by atoms with E-state index in [1.54, 1.807) is 19.2 Å². The lowest BCUT2D eigenvalue weighted by Gasteiger charge is -2.23. The van der Waals surface area contributed by atoms with Gasteiger partial charge in [-0.2, -0.15) is 5.26 Å². The molecule has 0 aliphatic carbocycles. The summed E-state index contributed by atoms with van der Waals surface area (Å²) >= 11 is 0. The van der Waals surface area contributed by atoms with Crippen LogP contribution in [0.1, 0.15) is 12.5 Å². The van der Waals surface area contributed by atoms with Crippen molar-refractivity contribution in [1.82, 2.24) is 0 Å². The van der Waals surface area contributed by atoms with E-state index < -0.39 is 6.10 Å². The number of methoxy groups -OCH3 is 1. The standard InChI is InChI=1S/C15H22N2O3/c1-12(10-19-3)20-11-15(18)9-17(2)14-6-4-13(8-16)5-7-14/h4-7,12,15,18H,9-11H2,1-3H3. The molecule has 5 nitrogen and oxygen atoms in total. The van der Waals surface area contributed by atoms with Gasteiger partial charge in [0, 0.05) is 26.4 Å². The Bertz CT molecular complexity index is 428. The van der Waals surface area contributed by atoms with Crippen molar-refractivity contribution in [3.8, 4) is 6.07 Å². The van der Waals surface area contributed by atoms with E-state index >= 15 is 0 Å². The molecule has 1 aromatic carbocycles. The summed E-state index contributed by atoms with van der Waals surface area (Å²) in [5, 5.41) is 18.7. The van der Waals surface area contributed by atoms with Crippen LogP contribution in [0.4, 0.5) is 5.69 Å². The van der Waals surface area contributed by atoms with E-state index in [9.17, 15) is 5.11 Å². The Morgan fingerprint density at radius 3 is 2.50 bits per heavy atom. The number of likely N-dealkylation sites (N-methyl/N-ethyl adjacent to an activating group) is 1. The van der Waals surface area contributed by atoms with Gasteiger partial charge in [-0.25, -0.2) is 0 Å². The molecule has 0 radical (unpaired) electrons. The molecule has 1 rings (SSSR count). The second-order valence-electron chi connectivity index (χ2n) is 4.79. The molecule has 5 heteroatoms. The number of nitriles is 1. The Labute approximate surface area is 120 Å². The van der Waals surface area contributed by atoms with Crippen molar-refractivity contribution in [1.29, 1.82) is 5.26 Å². The Morgan fingerprint density at radius 1 is 1.30 bits per heavy atom.